The number of halogens is 1. The molecule has 0 aliphatic rings. The van der Waals surface area contributed by atoms with E-state index in [2.05, 4.69) is 22.5 Å². The van der Waals surface area contributed by atoms with Gasteiger partial charge in [0.05, 0.1) is 11.8 Å². The minimum Gasteiger partial charge on any atom is -0.457 e. The van der Waals surface area contributed by atoms with Crippen LogP contribution in [0.2, 0.25) is 0 Å². The van der Waals surface area contributed by atoms with Gasteiger partial charge in [-0.05, 0) is 28.9 Å². The molecule has 0 fully saturated rings. The van der Waals surface area contributed by atoms with Crippen LogP contribution in [0.4, 0.5) is 0 Å². The van der Waals surface area contributed by atoms with E-state index in [1.807, 2.05) is 6.92 Å². The Morgan fingerprint density at radius 2 is 2.50 bits per heavy atom. The van der Waals surface area contributed by atoms with E-state index in [9.17, 15) is 4.79 Å². The Hall–Kier alpha value is -1.03. The molecule has 0 unspecified atom stereocenters. The molecule has 0 spiro atoms. The summed E-state index contributed by atoms with van der Waals surface area (Å²) in [6.07, 6.45) is 3.19. The van der Waals surface area contributed by atoms with Crippen LogP contribution in [0.5, 0.6) is 0 Å². The summed E-state index contributed by atoms with van der Waals surface area (Å²) in [5, 5.41) is 0. The highest BCUT2D eigenvalue weighted by atomic mass is 79.9. The predicted molar refractivity (Wildman–Crippen MR) is 58.2 cm³/mol. The zero-order valence-electron chi connectivity index (χ0n) is 8.00. The number of carbonyl (C=O) groups excluding carboxylic acids is 1. The number of hydrogen-bond acceptors (Lipinski definition) is 2. The van der Waals surface area contributed by atoms with Crippen LogP contribution in [0.3, 0.4) is 0 Å². The van der Waals surface area contributed by atoms with Crippen molar-refractivity contribution >= 4 is 21.8 Å². The van der Waals surface area contributed by atoms with E-state index in [1.54, 1.807) is 17.0 Å². The van der Waals surface area contributed by atoms with Crippen LogP contribution in [-0.2, 0) is 0 Å². The lowest BCUT2D eigenvalue weighted by molar-refractivity contribution is 0.0780. The summed E-state index contributed by atoms with van der Waals surface area (Å²) in [6.45, 7) is 6.74. The van der Waals surface area contributed by atoms with Gasteiger partial charge in [0.2, 0.25) is 0 Å². The standard InChI is InChI=1S/C10H12BrNO2/c1-3-6-12(4-2)10(13)8-5-7-14-9(8)11/h3,5,7H,1,4,6H2,2H3. The highest BCUT2D eigenvalue weighted by molar-refractivity contribution is 9.10. The third kappa shape index (κ3) is 2.26. The second-order valence-electron chi connectivity index (χ2n) is 2.74. The molecule has 0 N–H and O–H groups in total. The third-order valence-electron chi connectivity index (χ3n) is 1.87. The number of furan rings is 1. The van der Waals surface area contributed by atoms with Crippen LogP contribution >= 0.6 is 15.9 Å². The number of likely N-dealkylation sites (N-methyl/N-ethyl adjacent to an activating group) is 1. The molecule has 14 heavy (non-hydrogen) atoms. The molecule has 0 saturated carbocycles. The summed E-state index contributed by atoms with van der Waals surface area (Å²) in [5.74, 6) is -0.0481. The van der Waals surface area contributed by atoms with Gasteiger partial charge < -0.3 is 9.32 Å². The quantitative estimate of drug-likeness (QED) is 0.778. The van der Waals surface area contributed by atoms with Crippen molar-refractivity contribution in [1.29, 1.82) is 0 Å². The molecule has 0 aromatic carbocycles. The van der Waals surface area contributed by atoms with Gasteiger partial charge in [0.25, 0.3) is 5.91 Å². The number of hydrogen-bond donors (Lipinski definition) is 0. The molecule has 0 radical (unpaired) electrons. The first-order chi connectivity index (χ1) is 6.70. The molecule has 4 heteroatoms. The van der Waals surface area contributed by atoms with Crippen molar-refractivity contribution in [3.05, 3.63) is 35.2 Å². The highest BCUT2D eigenvalue weighted by Crippen LogP contribution is 2.19. The van der Waals surface area contributed by atoms with Gasteiger partial charge in [-0.3, -0.25) is 4.79 Å². The fourth-order valence-electron chi connectivity index (χ4n) is 1.13. The average Bonchev–Trinajstić information content (AvgIpc) is 2.59. The van der Waals surface area contributed by atoms with Crippen molar-refractivity contribution in [3.63, 3.8) is 0 Å². The first kappa shape index (κ1) is 11.0. The van der Waals surface area contributed by atoms with Crippen molar-refractivity contribution in [2.75, 3.05) is 13.1 Å². The summed E-state index contributed by atoms with van der Waals surface area (Å²) >= 11 is 3.18. The number of amides is 1. The summed E-state index contributed by atoms with van der Waals surface area (Å²) < 4.78 is 5.48. The number of carbonyl (C=O) groups is 1. The normalized spacial score (nSPS) is 9.86. The molecule has 3 nitrogen and oxygen atoms in total. The van der Waals surface area contributed by atoms with Crippen molar-refractivity contribution < 1.29 is 9.21 Å². The molecular formula is C10H12BrNO2. The Balaban J connectivity index is 2.82. The van der Waals surface area contributed by atoms with E-state index in [4.69, 9.17) is 4.42 Å². The SMILES string of the molecule is C=CCN(CC)C(=O)c1ccoc1Br. The molecule has 1 heterocycles. The van der Waals surface area contributed by atoms with E-state index < -0.39 is 0 Å². The van der Waals surface area contributed by atoms with Crippen LogP contribution in [0.25, 0.3) is 0 Å². The molecule has 1 rings (SSSR count). The number of rotatable bonds is 4. The van der Waals surface area contributed by atoms with E-state index in [1.165, 1.54) is 6.26 Å². The van der Waals surface area contributed by atoms with E-state index >= 15 is 0 Å². The Morgan fingerprint density at radius 3 is 2.93 bits per heavy atom. The third-order valence-corrected chi connectivity index (χ3v) is 2.48. The van der Waals surface area contributed by atoms with Crippen LogP contribution in [0.1, 0.15) is 17.3 Å². The summed E-state index contributed by atoms with van der Waals surface area (Å²) in [7, 11) is 0. The molecule has 0 saturated heterocycles. The lowest BCUT2D eigenvalue weighted by Crippen LogP contribution is -2.30. The van der Waals surface area contributed by atoms with Crippen LogP contribution in [-0.4, -0.2) is 23.9 Å². The maximum Gasteiger partial charge on any atom is 0.258 e. The molecule has 1 aromatic rings. The minimum atomic E-state index is -0.0481. The summed E-state index contributed by atoms with van der Waals surface area (Å²) in [4.78, 5) is 13.5. The zero-order valence-corrected chi connectivity index (χ0v) is 9.58. The first-order valence-electron chi connectivity index (χ1n) is 4.33. The van der Waals surface area contributed by atoms with Gasteiger partial charge in [0.1, 0.15) is 0 Å². The fraction of sp³-hybridized carbons (Fsp3) is 0.300. The Bertz CT molecular complexity index is 333. The molecule has 0 aliphatic carbocycles. The van der Waals surface area contributed by atoms with Gasteiger partial charge in [-0.15, -0.1) is 6.58 Å². The summed E-state index contributed by atoms with van der Waals surface area (Å²) in [6, 6.07) is 1.65. The van der Waals surface area contributed by atoms with Crippen molar-refractivity contribution in [2.24, 2.45) is 0 Å². The molecule has 0 bridgehead atoms. The van der Waals surface area contributed by atoms with Gasteiger partial charge in [-0.1, -0.05) is 6.08 Å². The molecular weight excluding hydrogens is 246 g/mol. The van der Waals surface area contributed by atoms with Gasteiger partial charge in [-0.25, -0.2) is 0 Å². The van der Waals surface area contributed by atoms with Gasteiger partial charge in [0.15, 0.2) is 4.67 Å². The molecule has 0 atom stereocenters. The van der Waals surface area contributed by atoms with Crippen molar-refractivity contribution in [1.82, 2.24) is 4.90 Å². The van der Waals surface area contributed by atoms with Crippen LogP contribution < -0.4 is 0 Å². The topological polar surface area (TPSA) is 33.5 Å². The lowest BCUT2D eigenvalue weighted by atomic mass is 10.3. The molecule has 0 aliphatic heterocycles. The van der Waals surface area contributed by atoms with Gasteiger partial charge in [0, 0.05) is 13.1 Å². The highest BCUT2D eigenvalue weighted by Gasteiger charge is 2.17. The Labute approximate surface area is 91.5 Å². The summed E-state index contributed by atoms with van der Waals surface area (Å²) in [5.41, 5.74) is 0.550. The Morgan fingerprint density at radius 1 is 1.79 bits per heavy atom. The maximum absolute atomic E-state index is 11.8. The molecule has 76 valence electrons. The lowest BCUT2D eigenvalue weighted by Gasteiger charge is -2.17. The largest absolute Gasteiger partial charge is 0.457 e. The van der Waals surface area contributed by atoms with Gasteiger partial charge in [-0.2, -0.15) is 0 Å². The van der Waals surface area contributed by atoms with Crippen LogP contribution in [0.15, 0.2) is 34.1 Å². The van der Waals surface area contributed by atoms with E-state index in [0.29, 0.717) is 23.3 Å². The molecule has 1 amide bonds. The second kappa shape index (κ2) is 5.00. The van der Waals surface area contributed by atoms with E-state index in [-0.39, 0.29) is 5.91 Å². The molecule has 1 aromatic heterocycles. The monoisotopic (exact) mass is 257 g/mol. The maximum atomic E-state index is 11.8. The number of nitrogens with zero attached hydrogens (tertiary/aromatic N) is 1. The Kier molecular flexibility index (Phi) is 3.95. The fourth-order valence-corrected chi connectivity index (χ4v) is 1.54. The van der Waals surface area contributed by atoms with Crippen LogP contribution in [0, 0.1) is 0 Å². The predicted octanol–water partition coefficient (Wildman–Crippen LogP) is 2.69. The van der Waals surface area contributed by atoms with Gasteiger partial charge >= 0.3 is 0 Å². The minimum absolute atomic E-state index is 0.0481. The van der Waals surface area contributed by atoms with Crippen molar-refractivity contribution in [2.45, 2.75) is 6.92 Å². The zero-order chi connectivity index (χ0) is 10.6. The first-order valence-corrected chi connectivity index (χ1v) is 5.13. The average molecular weight is 258 g/mol. The van der Waals surface area contributed by atoms with E-state index in [0.717, 1.165) is 0 Å². The smallest absolute Gasteiger partial charge is 0.258 e. The van der Waals surface area contributed by atoms with Crippen molar-refractivity contribution in [3.8, 4) is 0 Å². The second-order valence-corrected chi connectivity index (χ2v) is 3.46.